The molecule has 1 unspecified atom stereocenters. The largest absolute Gasteiger partial charge is 0.339 e. The number of likely N-dealkylation sites (N-methyl/N-ethyl adjacent to an activating group) is 2. The average Bonchev–Trinajstić information content (AvgIpc) is 2.79. The van der Waals surface area contributed by atoms with Crippen molar-refractivity contribution in [2.24, 2.45) is 0 Å². The van der Waals surface area contributed by atoms with Crippen LogP contribution in [0, 0.1) is 13.8 Å². The molecule has 4 amide bonds. The first-order valence-electron chi connectivity index (χ1n) is 8.67. The van der Waals surface area contributed by atoms with Gasteiger partial charge in [0.2, 0.25) is 11.9 Å². The van der Waals surface area contributed by atoms with Crippen molar-refractivity contribution in [3.63, 3.8) is 0 Å². The van der Waals surface area contributed by atoms with E-state index in [4.69, 9.17) is 0 Å². The second-order valence-electron chi connectivity index (χ2n) is 6.83. The van der Waals surface area contributed by atoms with Gasteiger partial charge >= 0.3 is 6.03 Å². The van der Waals surface area contributed by atoms with Gasteiger partial charge in [0.1, 0.15) is 6.04 Å². The summed E-state index contributed by atoms with van der Waals surface area (Å²) in [4.78, 5) is 51.6. The van der Waals surface area contributed by atoms with Crippen molar-refractivity contribution >= 4 is 23.8 Å². The maximum absolute atomic E-state index is 12.6. The van der Waals surface area contributed by atoms with E-state index in [2.05, 4.69) is 14.9 Å². The number of carbonyl (C=O) groups excluding carboxylic acids is 3. The van der Waals surface area contributed by atoms with Crippen molar-refractivity contribution in [3.05, 3.63) is 17.5 Å². The lowest BCUT2D eigenvalue weighted by molar-refractivity contribution is -0.136. The summed E-state index contributed by atoms with van der Waals surface area (Å²) in [6.07, 6.45) is 0.0193. The van der Waals surface area contributed by atoms with Gasteiger partial charge in [-0.05, 0) is 19.9 Å². The molecule has 3 heterocycles. The van der Waals surface area contributed by atoms with Crippen LogP contribution in [0.2, 0.25) is 0 Å². The average molecular weight is 360 g/mol. The molecule has 2 aliphatic heterocycles. The Kier molecular flexibility index (Phi) is 4.80. The Hall–Kier alpha value is -2.71. The minimum absolute atomic E-state index is 0.0193. The Balaban J connectivity index is 1.59. The van der Waals surface area contributed by atoms with Gasteiger partial charge in [-0.1, -0.05) is 0 Å². The molecule has 0 radical (unpaired) electrons. The minimum Gasteiger partial charge on any atom is -0.339 e. The van der Waals surface area contributed by atoms with Crippen LogP contribution in [-0.4, -0.2) is 88.8 Å². The standard InChI is InChI=1S/C17H24N6O3/c1-11-9-12(2)19-16(18-11)23-7-5-22(6-8-23)14(24)10-13-15(25)21(4)17(26)20(13)3/h9,13H,5-8,10H2,1-4H3. The summed E-state index contributed by atoms with van der Waals surface area (Å²) < 4.78 is 0. The van der Waals surface area contributed by atoms with Crippen LogP contribution in [0.25, 0.3) is 0 Å². The molecule has 0 saturated carbocycles. The van der Waals surface area contributed by atoms with Gasteiger partial charge < -0.3 is 14.7 Å². The number of carbonyl (C=O) groups is 3. The second kappa shape index (κ2) is 6.89. The number of aryl methyl sites for hydroxylation is 2. The molecule has 9 heteroatoms. The predicted octanol–water partition coefficient (Wildman–Crippen LogP) is 0.0245. The van der Waals surface area contributed by atoms with Crippen molar-refractivity contribution in [3.8, 4) is 0 Å². The minimum atomic E-state index is -0.708. The van der Waals surface area contributed by atoms with E-state index in [-0.39, 0.29) is 24.3 Å². The van der Waals surface area contributed by atoms with Crippen LogP contribution in [0.3, 0.4) is 0 Å². The molecule has 26 heavy (non-hydrogen) atoms. The number of urea groups is 1. The summed E-state index contributed by atoms with van der Waals surface area (Å²) in [5.74, 6) is 0.250. The van der Waals surface area contributed by atoms with Crippen LogP contribution in [0.1, 0.15) is 17.8 Å². The van der Waals surface area contributed by atoms with Crippen LogP contribution >= 0.6 is 0 Å². The number of amides is 4. The molecule has 140 valence electrons. The topological polar surface area (TPSA) is 90.0 Å². The van der Waals surface area contributed by atoms with Gasteiger partial charge in [-0.25, -0.2) is 14.8 Å². The fourth-order valence-electron chi connectivity index (χ4n) is 3.38. The number of hydrogen-bond acceptors (Lipinski definition) is 6. The number of imide groups is 1. The fourth-order valence-corrected chi connectivity index (χ4v) is 3.38. The van der Waals surface area contributed by atoms with Gasteiger partial charge in [0.25, 0.3) is 5.91 Å². The first kappa shape index (κ1) is 18.1. The van der Waals surface area contributed by atoms with E-state index in [9.17, 15) is 14.4 Å². The van der Waals surface area contributed by atoms with E-state index >= 15 is 0 Å². The summed E-state index contributed by atoms with van der Waals surface area (Å²) in [6.45, 7) is 6.24. The van der Waals surface area contributed by atoms with Crippen LogP contribution in [0.5, 0.6) is 0 Å². The Labute approximate surface area is 152 Å². The van der Waals surface area contributed by atoms with E-state index in [1.54, 1.807) is 11.9 Å². The molecule has 1 atom stereocenters. The van der Waals surface area contributed by atoms with Gasteiger partial charge in [0.15, 0.2) is 0 Å². The predicted molar refractivity (Wildman–Crippen MR) is 94.6 cm³/mol. The quantitative estimate of drug-likeness (QED) is 0.706. The number of hydrogen-bond donors (Lipinski definition) is 0. The van der Waals surface area contributed by atoms with E-state index in [0.717, 1.165) is 16.3 Å². The summed E-state index contributed by atoms with van der Waals surface area (Å²) >= 11 is 0. The lowest BCUT2D eigenvalue weighted by Crippen LogP contribution is -2.50. The van der Waals surface area contributed by atoms with Crippen LogP contribution in [0.15, 0.2) is 6.07 Å². The van der Waals surface area contributed by atoms with Gasteiger partial charge in [-0.3, -0.25) is 14.5 Å². The number of nitrogens with zero attached hydrogens (tertiary/aromatic N) is 6. The molecule has 1 aromatic heterocycles. The highest BCUT2D eigenvalue weighted by atomic mass is 16.2. The van der Waals surface area contributed by atoms with Crippen LogP contribution in [0.4, 0.5) is 10.7 Å². The third-order valence-electron chi connectivity index (χ3n) is 4.93. The van der Waals surface area contributed by atoms with Crippen LogP contribution < -0.4 is 4.90 Å². The summed E-state index contributed by atoms with van der Waals surface area (Å²) in [7, 11) is 2.99. The lowest BCUT2D eigenvalue weighted by Gasteiger charge is -2.35. The molecule has 0 aromatic carbocycles. The molecule has 9 nitrogen and oxygen atoms in total. The third-order valence-corrected chi connectivity index (χ3v) is 4.93. The van der Waals surface area contributed by atoms with Crippen molar-refractivity contribution in [2.75, 3.05) is 45.2 Å². The number of aromatic nitrogens is 2. The van der Waals surface area contributed by atoms with Crippen molar-refractivity contribution in [1.29, 1.82) is 0 Å². The van der Waals surface area contributed by atoms with Gasteiger partial charge in [0.05, 0.1) is 6.42 Å². The first-order valence-corrected chi connectivity index (χ1v) is 8.67. The third kappa shape index (κ3) is 3.33. The van der Waals surface area contributed by atoms with Crippen molar-refractivity contribution in [2.45, 2.75) is 26.3 Å². The van der Waals surface area contributed by atoms with E-state index in [1.807, 2.05) is 19.9 Å². The van der Waals surface area contributed by atoms with E-state index in [1.165, 1.54) is 11.9 Å². The zero-order valence-electron chi connectivity index (χ0n) is 15.6. The second-order valence-corrected chi connectivity index (χ2v) is 6.83. The normalized spacial score (nSPS) is 21.0. The van der Waals surface area contributed by atoms with Gasteiger partial charge in [0, 0.05) is 51.7 Å². The van der Waals surface area contributed by atoms with E-state index < -0.39 is 6.04 Å². The molecule has 2 saturated heterocycles. The highest BCUT2D eigenvalue weighted by Crippen LogP contribution is 2.19. The van der Waals surface area contributed by atoms with E-state index in [0.29, 0.717) is 32.1 Å². The summed E-state index contributed by atoms with van der Waals surface area (Å²) in [6, 6.07) is 0.849. The molecule has 0 bridgehead atoms. The smallest absolute Gasteiger partial charge is 0.326 e. The first-order chi connectivity index (χ1) is 12.3. The number of anilines is 1. The Morgan fingerprint density at radius 3 is 2.15 bits per heavy atom. The maximum atomic E-state index is 12.6. The Morgan fingerprint density at radius 2 is 1.65 bits per heavy atom. The molecular weight excluding hydrogens is 336 g/mol. The highest BCUT2D eigenvalue weighted by Gasteiger charge is 2.42. The molecule has 0 spiro atoms. The molecule has 0 N–H and O–H groups in total. The molecular formula is C17H24N6O3. The van der Waals surface area contributed by atoms with Crippen molar-refractivity contribution < 1.29 is 14.4 Å². The Morgan fingerprint density at radius 1 is 1.08 bits per heavy atom. The Bertz CT molecular complexity index is 724. The van der Waals surface area contributed by atoms with Gasteiger partial charge in [-0.15, -0.1) is 0 Å². The molecule has 2 aliphatic rings. The molecule has 3 rings (SSSR count). The molecule has 2 fully saturated rings. The fraction of sp³-hybridized carbons (Fsp3) is 0.588. The van der Waals surface area contributed by atoms with Crippen molar-refractivity contribution in [1.82, 2.24) is 24.7 Å². The van der Waals surface area contributed by atoms with Gasteiger partial charge in [-0.2, -0.15) is 0 Å². The summed E-state index contributed by atoms with van der Waals surface area (Å²) in [5.41, 5.74) is 1.84. The monoisotopic (exact) mass is 360 g/mol. The SMILES string of the molecule is Cc1cc(C)nc(N2CCN(C(=O)CC3C(=O)N(C)C(=O)N3C)CC2)n1. The zero-order valence-corrected chi connectivity index (χ0v) is 15.6. The maximum Gasteiger partial charge on any atom is 0.326 e. The zero-order chi connectivity index (χ0) is 19.0. The lowest BCUT2D eigenvalue weighted by atomic mass is 10.1. The highest BCUT2D eigenvalue weighted by molar-refractivity contribution is 6.05. The number of rotatable bonds is 3. The number of piperazine rings is 1. The summed E-state index contributed by atoms with van der Waals surface area (Å²) in [5, 5.41) is 0. The van der Waals surface area contributed by atoms with Crippen LogP contribution in [-0.2, 0) is 9.59 Å². The molecule has 1 aromatic rings. The molecule has 0 aliphatic carbocycles.